The van der Waals surface area contributed by atoms with Crippen LogP contribution in [0.2, 0.25) is 0 Å². The second-order valence-corrected chi connectivity index (χ2v) is 6.42. The smallest absolute Gasteiger partial charge is 0.230 e. The molecule has 2 N–H and O–H groups in total. The number of hydrogen-bond donors (Lipinski definition) is 2. The van der Waals surface area contributed by atoms with E-state index in [1.807, 2.05) is 24.3 Å². The van der Waals surface area contributed by atoms with Gasteiger partial charge in [0.05, 0.1) is 26.1 Å². The van der Waals surface area contributed by atoms with Gasteiger partial charge in [-0.05, 0) is 37.1 Å². The summed E-state index contributed by atoms with van der Waals surface area (Å²) in [5, 5.41) is 2.95. The molecular weight excluding hydrogens is 304 g/mol. The number of rotatable bonds is 4. The number of quaternary nitrogens is 1. The van der Waals surface area contributed by atoms with Crippen molar-refractivity contribution in [2.45, 2.75) is 26.2 Å². The summed E-state index contributed by atoms with van der Waals surface area (Å²) in [6.45, 7) is 5.69. The molecule has 0 saturated carbocycles. The Kier molecular flexibility index (Phi) is 5.40. The largest absolute Gasteiger partial charge is 0.334 e. The molecule has 1 aliphatic rings. The fraction of sp³-hybridized carbons (Fsp3) is 0.533. The number of carbonyl (C=O) groups is 1. The topological polar surface area (TPSA) is 33.5 Å². The zero-order chi connectivity index (χ0) is 13.7. The lowest BCUT2D eigenvalue weighted by Crippen LogP contribution is -3.13. The molecule has 0 bridgehead atoms. The van der Waals surface area contributed by atoms with Crippen LogP contribution in [0.4, 0.5) is 5.69 Å². The minimum atomic E-state index is 0.119. The van der Waals surface area contributed by atoms with Crippen LogP contribution >= 0.6 is 15.9 Å². The van der Waals surface area contributed by atoms with Crippen molar-refractivity contribution in [3.63, 3.8) is 0 Å². The Balaban J connectivity index is 1.73. The lowest BCUT2D eigenvalue weighted by atomic mass is 10.0. The molecule has 1 aromatic carbocycles. The number of halogens is 1. The number of hydrogen-bond acceptors (Lipinski definition) is 1. The maximum atomic E-state index is 11.9. The van der Waals surface area contributed by atoms with Crippen molar-refractivity contribution in [3.05, 3.63) is 28.7 Å². The number of piperidine rings is 1. The summed E-state index contributed by atoms with van der Waals surface area (Å²) in [7, 11) is 0. The Labute approximate surface area is 123 Å². The van der Waals surface area contributed by atoms with E-state index in [9.17, 15) is 4.79 Å². The predicted molar refractivity (Wildman–Crippen MR) is 81.4 cm³/mol. The summed E-state index contributed by atoms with van der Waals surface area (Å²) in [6, 6.07) is 7.70. The molecule has 0 aromatic heterocycles. The molecule has 1 saturated heterocycles. The van der Waals surface area contributed by atoms with Crippen molar-refractivity contribution >= 4 is 27.5 Å². The van der Waals surface area contributed by atoms with E-state index in [2.05, 4.69) is 28.2 Å². The highest BCUT2D eigenvalue weighted by Crippen LogP contribution is 2.14. The summed E-state index contributed by atoms with van der Waals surface area (Å²) in [6.07, 6.45) is 3.25. The highest BCUT2D eigenvalue weighted by molar-refractivity contribution is 9.10. The summed E-state index contributed by atoms with van der Waals surface area (Å²) < 4.78 is 1.03. The quantitative estimate of drug-likeness (QED) is 0.873. The zero-order valence-electron chi connectivity index (χ0n) is 11.4. The van der Waals surface area contributed by atoms with Gasteiger partial charge in [0.15, 0.2) is 0 Å². The van der Waals surface area contributed by atoms with E-state index >= 15 is 0 Å². The van der Waals surface area contributed by atoms with Crippen LogP contribution in [-0.4, -0.2) is 25.5 Å². The first-order chi connectivity index (χ1) is 9.13. The molecule has 1 aliphatic heterocycles. The molecule has 104 valence electrons. The van der Waals surface area contributed by atoms with Gasteiger partial charge in [-0.3, -0.25) is 4.79 Å². The molecule has 0 radical (unpaired) electrons. The molecule has 1 heterocycles. The van der Waals surface area contributed by atoms with E-state index in [0.29, 0.717) is 6.42 Å². The monoisotopic (exact) mass is 325 g/mol. The van der Waals surface area contributed by atoms with Gasteiger partial charge in [0.25, 0.3) is 0 Å². The Hall–Kier alpha value is -0.870. The van der Waals surface area contributed by atoms with E-state index in [4.69, 9.17) is 0 Å². The van der Waals surface area contributed by atoms with Gasteiger partial charge in [-0.1, -0.05) is 22.9 Å². The molecule has 0 spiro atoms. The molecule has 2 unspecified atom stereocenters. The molecule has 2 atom stereocenters. The third kappa shape index (κ3) is 4.96. The van der Waals surface area contributed by atoms with Crippen molar-refractivity contribution in [1.29, 1.82) is 0 Å². The van der Waals surface area contributed by atoms with Crippen molar-refractivity contribution in [2.24, 2.45) is 5.92 Å². The average molecular weight is 326 g/mol. The molecular formula is C15H22BrN2O+. The first-order valence-corrected chi connectivity index (χ1v) is 7.82. The van der Waals surface area contributed by atoms with Crippen LogP contribution in [0.15, 0.2) is 28.7 Å². The normalized spacial score (nSPS) is 23.1. The maximum Gasteiger partial charge on any atom is 0.230 e. The van der Waals surface area contributed by atoms with Crippen molar-refractivity contribution in [2.75, 3.05) is 25.0 Å². The predicted octanol–water partition coefficient (Wildman–Crippen LogP) is 2.09. The summed E-state index contributed by atoms with van der Waals surface area (Å²) in [4.78, 5) is 13.5. The first kappa shape index (κ1) is 14.5. The highest BCUT2D eigenvalue weighted by atomic mass is 79.9. The standard InChI is InChI=1S/C15H21BrN2O/c1-12-3-2-9-18(11-12)10-8-15(19)17-14-6-4-13(16)5-7-14/h4-7,12H,2-3,8-11H2,1H3,(H,17,19)/p+1. The number of likely N-dealkylation sites (tertiary alicyclic amines) is 1. The minimum Gasteiger partial charge on any atom is -0.334 e. The van der Waals surface area contributed by atoms with Crippen LogP contribution in [-0.2, 0) is 4.79 Å². The fourth-order valence-electron chi connectivity index (χ4n) is 2.67. The van der Waals surface area contributed by atoms with Crippen LogP contribution < -0.4 is 10.2 Å². The second kappa shape index (κ2) is 7.06. The molecule has 2 rings (SSSR count). The number of anilines is 1. The third-order valence-corrected chi connectivity index (χ3v) is 4.23. The molecule has 0 aliphatic carbocycles. The van der Waals surface area contributed by atoms with Gasteiger partial charge in [-0.15, -0.1) is 0 Å². The second-order valence-electron chi connectivity index (χ2n) is 5.51. The van der Waals surface area contributed by atoms with Gasteiger partial charge in [-0.25, -0.2) is 0 Å². The number of carbonyl (C=O) groups excluding carboxylic acids is 1. The molecule has 1 aromatic rings. The summed E-state index contributed by atoms with van der Waals surface area (Å²) in [5.74, 6) is 0.923. The van der Waals surface area contributed by atoms with E-state index < -0.39 is 0 Å². The van der Waals surface area contributed by atoms with Crippen LogP contribution in [0, 0.1) is 5.92 Å². The zero-order valence-corrected chi connectivity index (χ0v) is 13.0. The molecule has 4 heteroatoms. The number of nitrogens with one attached hydrogen (secondary N) is 2. The number of benzene rings is 1. The lowest BCUT2D eigenvalue weighted by Gasteiger charge is -2.27. The molecule has 3 nitrogen and oxygen atoms in total. The third-order valence-electron chi connectivity index (χ3n) is 3.70. The average Bonchev–Trinajstić information content (AvgIpc) is 2.39. The Morgan fingerprint density at radius 1 is 1.42 bits per heavy atom. The van der Waals surface area contributed by atoms with Crippen LogP contribution in [0.5, 0.6) is 0 Å². The van der Waals surface area contributed by atoms with Gasteiger partial charge < -0.3 is 10.2 Å². The molecule has 1 amide bonds. The van der Waals surface area contributed by atoms with E-state index in [1.54, 1.807) is 4.90 Å². The van der Waals surface area contributed by atoms with Gasteiger partial charge in [-0.2, -0.15) is 0 Å². The van der Waals surface area contributed by atoms with E-state index in [-0.39, 0.29) is 5.91 Å². The molecule has 1 fully saturated rings. The van der Waals surface area contributed by atoms with E-state index in [0.717, 1.165) is 22.6 Å². The Bertz CT molecular complexity index is 419. The van der Waals surface area contributed by atoms with E-state index in [1.165, 1.54) is 25.9 Å². The maximum absolute atomic E-state index is 11.9. The number of amides is 1. The van der Waals surface area contributed by atoms with Gasteiger partial charge in [0.2, 0.25) is 5.91 Å². The van der Waals surface area contributed by atoms with Crippen LogP contribution in [0.3, 0.4) is 0 Å². The first-order valence-electron chi connectivity index (χ1n) is 7.02. The lowest BCUT2D eigenvalue weighted by molar-refractivity contribution is -0.907. The summed E-state index contributed by atoms with van der Waals surface area (Å²) in [5.41, 5.74) is 0.871. The fourth-order valence-corrected chi connectivity index (χ4v) is 2.94. The van der Waals surface area contributed by atoms with Crippen molar-refractivity contribution in [3.8, 4) is 0 Å². The Morgan fingerprint density at radius 2 is 2.16 bits per heavy atom. The van der Waals surface area contributed by atoms with Crippen molar-refractivity contribution < 1.29 is 9.69 Å². The summed E-state index contributed by atoms with van der Waals surface area (Å²) >= 11 is 3.38. The van der Waals surface area contributed by atoms with Crippen LogP contribution in [0.25, 0.3) is 0 Å². The Morgan fingerprint density at radius 3 is 2.84 bits per heavy atom. The van der Waals surface area contributed by atoms with Gasteiger partial charge in [0, 0.05) is 16.1 Å². The molecule has 19 heavy (non-hydrogen) atoms. The van der Waals surface area contributed by atoms with Gasteiger partial charge in [0.1, 0.15) is 0 Å². The van der Waals surface area contributed by atoms with Crippen LogP contribution in [0.1, 0.15) is 26.2 Å². The highest BCUT2D eigenvalue weighted by Gasteiger charge is 2.20. The minimum absolute atomic E-state index is 0.119. The van der Waals surface area contributed by atoms with Crippen molar-refractivity contribution in [1.82, 2.24) is 0 Å². The van der Waals surface area contributed by atoms with Gasteiger partial charge >= 0.3 is 0 Å². The SMILES string of the molecule is CC1CCC[NH+](CCC(=O)Nc2ccc(Br)cc2)C1.